The van der Waals surface area contributed by atoms with Crippen molar-refractivity contribution in [1.29, 1.82) is 0 Å². The van der Waals surface area contributed by atoms with Crippen LogP contribution in [0.1, 0.15) is 25.3 Å². The second kappa shape index (κ2) is 7.90. The minimum atomic E-state index is 0.0196. The number of piperidine rings is 1. The summed E-state index contributed by atoms with van der Waals surface area (Å²) in [6.45, 7) is 5.06. The molecule has 0 saturated carbocycles. The summed E-state index contributed by atoms with van der Waals surface area (Å²) >= 11 is 0. The zero-order valence-electron chi connectivity index (χ0n) is 14.1. The lowest BCUT2D eigenvalue weighted by atomic mass is 9.96. The smallest absolute Gasteiger partial charge is 0.227 e. The van der Waals surface area contributed by atoms with E-state index in [0.29, 0.717) is 13.1 Å². The van der Waals surface area contributed by atoms with Crippen LogP contribution in [0.25, 0.3) is 0 Å². The molecule has 5 heteroatoms. The number of amides is 1. The Balaban J connectivity index is 1.66. The molecule has 0 radical (unpaired) electrons. The Bertz CT molecular complexity index is 647. The van der Waals surface area contributed by atoms with Crippen molar-refractivity contribution >= 4 is 11.9 Å². The maximum atomic E-state index is 13.0. The van der Waals surface area contributed by atoms with E-state index in [0.717, 1.165) is 31.9 Å². The van der Waals surface area contributed by atoms with Gasteiger partial charge < -0.3 is 9.80 Å². The predicted octanol–water partition coefficient (Wildman–Crippen LogP) is 2.74. The first-order chi connectivity index (χ1) is 11.8. The highest BCUT2D eigenvalue weighted by Crippen LogP contribution is 2.22. The molecule has 3 rings (SSSR count). The first kappa shape index (κ1) is 16.4. The first-order valence-corrected chi connectivity index (χ1v) is 8.62. The van der Waals surface area contributed by atoms with Crippen LogP contribution in [-0.4, -0.2) is 40.4 Å². The fourth-order valence-corrected chi connectivity index (χ4v) is 3.22. The van der Waals surface area contributed by atoms with Crippen molar-refractivity contribution in [3.63, 3.8) is 0 Å². The van der Waals surface area contributed by atoms with Gasteiger partial charge in [-0.25, -0.2) is 9.97 Å². The van der Waals surface area contributed by atoms with E-state index in [1.165, 1.54) is 5.56 Å². The Morgan fingerprint density at radius 2 is 1.96 bits per heavy atom. The van der Waals surface area contributed by atoms with Gasteiger partial charge in [0.05, 0.1) is 5.92 Å². The van der Waals surface area contributed by atoms with Crippen LogP contribution in [0, 0.1) is 5.92 Å². The number of hydrogen-bond donors (Lipinski definition) is 0. The number of carbonyl (C=O) groups excluding carboxylic acids is 1. The average molecular weight is 324 g/mol. The van der Waals surface area contributed by atoms with Gasteiger partial charge >= 0.3 is 0 Å². The number of hydrogen-bond acceptors (Lipinski definition) is 4. The van der Waals surface area contributed by atoms with Gasteiger partial charge in [0.2, 0.25) is 11.9 Å². The number of nitrogens with zero attached hydrogens (tertiary/aromatic N) is 4. The van der Waals surface area contributed by atoms with Crippen molar-refractivity contribution < 1.29 is 4.79 Å². The van der Waals surface area contributed by atoms with Gasteiger partial charge in [-0.2, -0.15) is 0 Å². The molecule has 1 aromatic heterocycles. The molecule has 1 aliphatic rings. The van der Waals surface area contributed by atoms with Crippen molar-refractivity contribution in [2.24, 2.45) is 5.92 Å². The van der Waals surface area contributed by atoms with Crippen molar-refractivity contribution in [2.45, 2.75) is 26.3 Å². The lowest BCUT2D eigenvalue weighted by molar-refractivity contribution is -0.136. The monoisotopic (exact) mass is 324 g/mol. The summed E-state index contributed by atoms with van der Waals surface area (Å²) in [6.07, 6.45) is 5.44. The molecule has 0 spiro atoms. The molecule has 1 fully saturated rings. The minimum absolute atomic E-state index is 0.0196. The third-order valence-corrected chi connectivity index (χ3v) is 4.52. The zero-order valence-corrected chi connectivity index (χ0v) is 14.1. The summed E-state index contributed by atoms with van der Waals surface area (Å²) in [4.78, 5) is 25.7. The number of anilines is 1. The summed E-state index contributed by atoms with van der Waals surface area (Å²) < 4.78 is 0. The first-order valence-electron chi connectivity index (χ1n) is 8.62. The summed E-state index contributed by atoms with van der Waals surface area (Å²) in [5.74, 6) is 0.981. The van der Waals surface area contributed by atoms with Gasteiger partial charge in [-0.15, -0.1) is 0 Å². The van der Waals surface area contributed by atoms with Crippen LogP contribution >= 0.6 is 0 Å². The van der Waals surface area contributed by atoms with Crippen LogP contribution in [0.4, 0.5) is 5.95 Å². The van der Waals surface area contributed by atoms with Crippen LogP contribution in [0.2, 0.25) is 0 Å². The van der Waals surface area contributed by atoms with Crippen LogP contribution in [0.5, 0.6) is 0 Å². The van der Waals surface area contributed by atoms with E-state index in [1.54, 1.807) is 12.4 Å². The summed E-state index contributed by atoms with van der Waals surface area (Å²) in [5.41, 5.74) is 1.17. The molecule has 5 nitrogen and oxygen atoms in total. The lowest BCUT2D eigenvalue weighted by Gasteiger charge is -2.34. The van der Waals surface area contributed by atoms with Gasteiger partial charge in [0, 0.05) is 38.6 Å². The SMILES string of the molecule is CCN(Cc1ccccc1)C(=O)C1CCCN(c2ncccn2)C1. The van der Waals surface area contributed by atoms with E-state index in [1.807, 2.05) is 36.1 Å². The zero-order chi connectivity index (χ0) is 16.8. The quantitative estimate of drug-likeness (QED) is 0.848. The van der Waals surface area contributed by atoms with Gasteiger partial charge in [-0.1, -0.05) is 30.3 Å². The van der Waals surface area contributed by atoms with Gasteiger partial charge in [0.25, 0.3) is 0 Å². The Kier molecular flexibility index (Phi) is 5.41. The fourth-order valence-electron chi connectivity index (χ4n) is 3.22. The summed E-state index contributed by atoms with van der Waals surface area (Å²) in [5, 5.41) is 0. The largest absolute Gasteiger partial charge is 0.340 e. The normalized spacial score (nSPS) is 17.5. The number of aromatic nitrogens is 2. The van der Waals surface area contributed by atoms with E-state index in [2.05, 4.69) is 27.0 Å². The molecule has 1 unspecified atom stereocenters. The molecule has 0 N–H and O–H groups in total. The molecule has 1 amide bonds. The minimum Gasteiger partial charge on any atom is -0.340 e. The fraction of sp³-hybridized carbons (Fsp3) is 0.421. The molecule has 1 saturated heterocycles. The molecule has 126 valence electrons. The van der Waals surface area contributed by atoms with E-state index >= 15 is 0 Å². The van der Waals surface area contributed by atoms with Crippen molar-refractivity contribution in [3.8, 4) is 0 Å². The second-order valence-electron chi connectivity index (χ2n) is 6.17. The third kappa shape index (κ3) is 3.91. The number of benzene rings is 1. The van der Waals surface area contributed by atoms with Crippen molar-refractivity contribution in [1.82, 2.24) is 14.9 Å². The molecule has 1 aromatic carbocycles. The highest BCUT2D eigenvalue weighted by atomic mass is 16.2. The number of carbonyl (C=O) groups is 1. The van der Waals surface area contributed by atoms with Gasteiger partial charge in [-0.05, 0) is 31.4 Å². The van der Waals surface area contributed by atoms with Crippen LogP contribution in [0.15, 0.2) is 48.8 Å². The molecule has 1 atom stereocenters. The topological polar surface area (TPSA) is 49.3 Å². The highest BCUT2D eigenvalue weighted by molar-refractivity contribution is 5.79. The molecule has 0 bridgehead atoms. The molecular weight excluding hydrogens is 300 g/mol. The third-order valence-electron chi connectivity index (χ3n) is 4.52. The van der Waals surface area contributed by atoms with E-state index in [9.17, 15) is 4.79 Å². The van der Waals surface area contributed by atoms with Crippen LogP contribution < -0.4 is 4.90 Å². The Morgan fingerprint density at radius 3 is 2.67 bits per heavy atom. The second-order valence-corrected chi connectivity index (χ2v) is 6.17. The number of rotatable bonds is 5. The Labute approximate surface area is 143 Å². The molecule has 2 heterocycles. The molecule has 2 aromatic rings. The maximum Gasteiger partial charge on any atom is 0.227 e. The molecule has 24 heavy (non-hydrogen) atoms. The standard InChI is InChI=1S/C19H24N4O/c1-2-22(14-16-8-4-3-5-9-16)18(24)17-10-6-13-23(15-17)19-20-11-7-12-21-19/h3-5,7-9,11-12,17H,2,6,10,13-15H2,1H3. The maximum absolute atomic E-state index is 13.0. The molecule has 1 aliphatic heterocycles. The van der Waals surface area contributed by atoms with E-state index in [-0.39, 0.29) is 11.8 Å². The highest BCUT2D eigenvalue weighted by Gasteiger charge is 2.29. The predicted molar refractivity (Wildman–Crippen MR) is 94.5 cm³/mol. The van der Waals surface area contributed by atoms with Gasteiger partial charge in [-0.3, -0.25) is 4.79 Å². The van der Waals surface area contributed by atoms with Gasteiger partial charge in [0.1, 0.15) is 0 Å². The Hall–Kier alpha value is -2.43. The van der Waals surface area contributed by atoms with Crippen LogP contribution in [-0.2, 0) is 11.3 Å². The lowest BCUT2D eigenvalue weighted by Crippen LogP contribution is -2.45. The van der Waals surface area contributed by atoms with E-state index in [4.69, 9.17) is 0 Å². The van der Waals surface area contributed by atoms with Crippen molar-refractivity contribution in [3.05, 3.63) is 54.4 Å². The van der Waals surface area contributed by atoms with E-state index < -0.39 is 0 Å². The summed E-state index contributed by atoms with van der Waals surface area (Å²) in [7, 11) is 0. The molecular formula is C19H24N4O. The van der Waals surface area contributed by atoms with Crippen molar-refractivity contribution in [2.75, 3.05) is 24.5 Å². The summed E-state index contributed by atoms with van der Waals surface area (Å²) in [6, 6.07) is 12.0. The average Bonchev–Trinajstić information content (AvgIpc) is 2.67. The molecule has 0 aliphatic carbocycles. The Morgan fingerprint density at radius 1 is 1.21 bits per heavy atom. The van der Waals surface area contributed by atoms with Crippen LogP contribution in [0.3, 0.4) is 0 Å². The van der Waals surface area contributed by atoms with Gasteiger partial charge in [0.15, 0.2) is 0 Å².